The van der Waals surface area contributed by atoms with Crippen molar-refractivity contribution in [3.8, 4) is 5.75 Å². The quantitative estimate of drug-likeness (QED) is 0.524. The molecule has 2 N–H and O–H groups in total. The highest BCUT2D eigenvalue weighted by atomic mass is 32.2. The van der Waals surface area contributed by atoms with Gasteiger partial charge in [0.25, 0.3) is 0 Å². The smallest absolute Gasteiger partial charge is 0.336 e. The lowest BCUT2D eigenvalue weighted by molar-refractivity contribution is 0.0695. The first-order chi connectivity index (χ1) is 15.6. The maximum atomic E-state index is 13.0. The van der Waals surface area contributed by atoms with Gasteiger partial charge in [0.15, 0.2) is 0 Å². The van der Waals surface area contributed by atoms with Gasteiger partial charge in [0, 0.05) is 6.04 Å². The van der Waals surface area contributed by atoms with Crippen molar-refractivity contribution in [3.05, 3.63) is 77.4 Å². The van der Waals surface area contributed by atoms with Gasteiger partial charge >= 0.3 is 5.97 Å². The molecular weight excluding hydrogens is 438 g/mol. The van der Waals surface area contributed by atoms with Crippen molar-refractivity contribution < 1.29 is 23.1 Å². The van der Waals surface area contributed by atoms with Gasteiger partial charge in [-0.05, 0) is 59.2 Å². The van der Waals surface area contributed by atoms with Crippen LogP contribution < -0.4 is 9.46 Å². The fourth-order valence-electron chi connectivity index (χ4n) is 3.77. The summed E-state index contributed by atoms with van der Waals surface area (Å²) in [5.41, 5.74) is 2.65. The molecule has 7 heteroatoms. The molecule has 0 amide bonds. The fourth-order valence-corrected chi connectivity index (χ4v) is 5.07. The van der Waals surface area contributed by atoms with Gasteiger partial charge < -0.3 is 9.84 Å². The van der Waals surface area contributed by atoms with Gasteiger partial charge in [0.2, 0.25) is 10.0 Å². The van der Waals surface area contributed by atoms with Gasteiger partial charge in [-0.2, -0.15) is 0 Å². The molecule has 176 valence electrons. The Morgan fingerprint density at radius 1 is 1.15 bits per heavy atom. The number of benzene rings is 2. The summed E-state index contributed by atoms with van der Waals surface area (Å²) in [5, 5.41) is 9.52. The molecule has 0 aromatic heterocycles. The molecule has 0 fully saturated rings. The summed E-state index contributed by atoms with van der Waals surface area (Å²) in [7, 11) is -3.90. The van der Waals surface area contributed by atoms with E-state index in [9.17, 15) is 18.3 Å². The van der Waals surface area contributed by atoms with E-state index in [1.807, 2.05) is 63.3 Å². The molecule has 2 aromatic carbocycles. The second-order valence-electron chi connectivity index (χ2n) is 8.57. The van der Waals surface area contributed by atoms with Crippen LogP contribution >= 0.6 is 0 Å². The summed E-state index contributed by atoms with van der Waals surface area (Å²) in [6.45, 7) is 8.43. The monoisotopic (exact) mass is 469 g/mol. The summed E-state index contributed by atoms with van der Waals surface area (Å²) in [6.07, 6.45) is 6.71. The maximum absolute atomic E-state index is 13.0. The minimum absolute atomic E-state index is 0.00801. The van der Waals surface area contributed by atoms with Crippen LogP contribution in [0.2, 0.25) is 0 Å². The lowest BCUT2D eigenvalue weighted by Crippen LogP contribution is -2.38. The van der Waals surface area contributed by atoms with Gasteiger partial charge in [-0.3, -0.25) is 0 Å². The van der Waals surface area contributed by atoms with E-state index in [-0.39, 0.29) is 22.3 Å². The van der Waals surface area contributed by atoms with Crippen LogP contribution in [-0.4, -0.2) is 32.1 Å². The standard InChI is InChI=1S/C26H31NO5S/c1-5-14-32-21-9-6-19(7-10-21)20-8-13-25(18(4)15-20)27-33(30,31)22-11-12-23(17(2)3)24(16-22)26(28)29/h6-13,15-18,25,27H,5,14H2,1-4H3,(H,28,29). The highest BCUT2D eigenvalue weighted by Crippen LogP contribution is 2.28. The first-order valence-corrected chi connectivity index (χ1v) is 12.6. The van der Waals surface area contributed by atoms with Crippen LogP contribution in [0.1, 0.15) is 61.5 Å². The number of carbonyl (C=O) groups is 1. The zero-order valence-corrected chi connectivity index (χ0v) is 20.2. The Bertz CT molecular complexity index is 1160. The van der Waals surface area contributed by atoms with Crippen LogP contribution in [0.4, 0.5) is 0 Å². The number of ether oxygens (including phenoxy) is 1. The number of rotatable bonds is 9. The molecule has 0 aliphatic heterocycles. The SMILES string of the molecule is CCCOc1ccc(C2=CC(C)C(NS(=O)(=O)c3ccc(C(C)C)c(C(=O)O)c3)C=C2)cc1. The number of carboxylic acids is 1. The largest absolute Gasteiger partial charge is 0.494 e. The molecule has 1 aliphatic rings. The molecule has 0 radical (unpaired) electrons. The van der Waals surface area contributed by atoms with Gasteiger partial charge in [0.05, 0.1) is 17.1 Å². The van der Waals surface area contributed by atoms with E-state index in [2.05, 4.69) is 11.6 Å². The van der Waals surface area contributed by atoms with E-state index in [0.29, 0.717) is 12.2 Å². The van der Waals surface area contributed by atoms with Gasteiger partial charge in [-0.1, -0.05) is 64.1 Å². The average Bonchev–Trinajstić information content (AvgIpc) is 2.78. The second-order valence-corrected chi connectivity index (χ2v) is 10.3. The molecule has 0 bridgehead atoms. The van der Waals surface area contributed by atoms with Crippen LogP contribution in [0.3, 0.4) is 0 Å². The number of allylic oxidation sites excluding steroid dienone is 2. The number of carboxylic acid groups (broad SMARTS) is 1. The molecular formula is C26H31NO5S. The number of aromatic carboxylic acids is 1. The third-order valence-corrected chi connectivity index (χ3v) is 7.09. The summed E-state index contributed by atoms with van der Waals surface area (Å²) in [6, 6.07) is 11.7. The van der Waals surface area contributed by atoms with Crippen molar-refractivity contribution in [2.24, 2.45) is 5.92 Å². The highest BCUT2D eigenvalue weighted by molar-refractivity contribution is 7.89. The molecule has 0 heterocycles. The van der Waals surface area contributed by atoms with Crippen molar-refractivity contribution in [2.75, 3.05) is 6.61 Å². The Balaban J connectivity index is 1.76. The van der Waals surface area contributed by atoms with Gasteiger partial charge in [-0.25, -0.2) is 17.9 Å². The summed E-state index contributed by atoms with van der Waals surface area (Å²) >= 11 is 0. The fraction of sp³-hybridized carbons (Fsp3) is 0.346. The van der Waals surface area contributed by atoms with Crippen molar-refractivity contribution in [1.29, 1.82) is 0 Å². The molecule has 1 aliphatic carbocycles. The van der Waals surface area contributed by atoms with Crippen LogP contribution in [0.15, 0.2) is 65.6 Å². The molecule has 2 atom stereocenters. The number of nitrogens with one attached hydrogen (secondary N) is 1. The maximum Gasteiger partial charge on any atom is 0.336 e. The lowest BCUT2D eigenvalue weighted by atomic mass is 9.90. The Hall–Kier alpha value is -2.90. The molecule has 0 spiro atoms. The summed E-state index contributed by atoms with van der Waals surface area (Å²) in [4.78, 5) is 11.6. The molecule has 0 saturated heterocycles. The molecule has 0 saturated carbocycles. The van der Waals surface area contributed by atoms with E-state index in [4.69, 9.17) is 4.74 Å². The molecule has 6 nitrogen and oxygen atoms in total. The van der Waals surface area contributed by atoms with E-state index in [1.54, 1.807) is 6.07 Å². The number of hydrogen-bond acceptors (Lipinski definition) is 4. The van der Waals surface area contributed by atoms with E-state index < -0.39 is 22.0 Å². The highest BCUT2D eigenvalue weighted by Gasteiger charge is 2.26. The molecule has 3 rings (SSSR count). The second kappa shape index (κ2) is 10.4. The molecule has 2 aromatic rings. The number of hydrogen-bond donors (Lipinski definition) is 2. The summed E-state index contributed by atoms with van der Waals surface area (Å²) in [5.74, 6) is -0.438. The van der Waals surface area contributed by atoms with Gasteiger partial charge in [0.1, 0.15) is 5.75 Å². The lowest BCUT2D eigenvalue weighted by Gasteiger charge is -2.24. The van der Waals surface area contributed by atoms with Crippen LogP contribution in [-0.2, 0) is 10.0 Å². The minimum atomic E-state index is -3.90. The van der Waals surface area contributed by atoms with Crippen LogP contribution in [0.25, 0.3) is 5.57 Å². The number of sulfonamides is 1. The van der Waals surface area contributed by atoms with Gasteiger partial charge in [-0.15, -0.1) is 0 Å². The van der Waals surface area contributed by atoms with Crippen molar-refractivity contribution in [2.45, 2.75) is 51.0 Å². The predicted octanol–water partition coefficient (Wildman–Crippen LogP) is 5.23. The minimum Gasteiger partial charge on any atom is -0.494 e. The average molecular weight is 470 g/mol. The van der Waals surface area contributed by atoms with E-state index in [1.165, 1.54) is 12.1 Å². The van der Waals surface area contributed by atoms with E-state index in [0.717, 1.165) is 23.3 Å². The van der Waals surface area contributed by atoms with Crippen LogP contribution in [0.5, 0.6) is 5.75 Å². The van der Waals surface area contributed by atoms with Crippen molar-refractivity contribution in [3.63, 3.8) is 0 Å². The van der Waals surface area contributed by atoms with Crippen LogP contribution in [0, 0.1) is 5.92 Å². The third-order valence-electron chi connectivity index (χ3n) is 5.63. The Kier molecular flexibility index (Phi) is 7.76. The summed E-state index contributed by atoms with van der Waals surface area (Å²) < 4.78 is 34.3. The predicted molar refractivity (Wildman–Crippen MR) is 130 cm³/mol. The Morgan fingerprint density at radius 3 is 2.42 bits per heavy atom. The van der Waals surface area contributed by atoms with Crippen molar-refractivity contribution in [1.82, 2.24) is 4.72 Å². The zero-order valence-electron chi connectivity index (χ0n) is 19.4. The van der Waals surface area contributed by atoms with E-state index >= 15 is 0 Å². The van der Waals surface area contributed by atoms with Crippen molar-refractivity contribution >= 4 is 21.6 Å². The first-order valence-electron chi connectivity index (χ1n) is 11.1. The first kappa shape index (κ1) is 24.7. The third kappa shape index (κ3) is 5.92. The molecule has 2 unspecified atom stereocenters. The zero-order chi connectivity index (χ0) is 24.2. The Labute approximate surface area is 196 Å². The Morgan fingerprint density at radius 2 is 1.85 bits per heavy atom. The normalized spacial score (nSPS) is 18.3. The topological polar surface area (TPSA) is 92.7 Å². The molecule has 33 heavy (non-hydrogen) atoms.